The predicted octanol–water partition coefficient (Wildman–Crippen LogP) is 10.8. The minimum Gasteiger partial charge on any atom is -0.466 e. The number of nitrogens with one attached hydrogen (secondary N) is 2. The SMILES string of the molecule is CCCCCCCCCCCCOC(=O)CCC(NC(=O)CCCCCCCCCCCC(=O)Nc1cccc(B(O)O)c1)C(=O)OCCCCCCCCCCCC. The summed E-state index contributed by atoms with van der Waals surface area (Å²) in [5, 5.41) is 24.3. The third kappa shape index (κ3) is 33.5. The van der Waals surface area contributed by atoms with Gasteiger partial charge in [-0.2, -0.15) is 0 Å². The Morgan fingerprint density at radius 3 is 1.44 bits per heavy atom. The molecule has 0 radical (unpaired) electrons. The van der Waals surface area contributed by atoms with Gasteiger partial charge in [-0.15, -0.1) is 0 Å². The van der Waals surface area contributed by atoms with Crippen molar-refractivity contribution in [2.45, 2.75) is 232 Å². The van der Waals surface area contributed by atoms with Crippen LogP contribution >= 0.6 is 0 Å². The third-order valence-electron chi connectivity index (χ3n) is 11.0. The minimum absolute atomic E-state index is 0.0644. The van der Waals surface area contributed by atoms with Crippen LogP contribution in [0.25, 0.3) is 0 Å². The van der Waals surface area contributed by atoms with Crippen LogP contribution in [0, 0.1) is 0 Å². The first-order chi connectivity index (χ1) is 28.8. The fourth-order valence-corrected chi connectivity index (χ4v) is 7.30. The molecule has 59 heavy (non-hydrogen) atoms. The predicted molar refractivity (Wildman–Crippen MR) is 242 cm³/mol. The second-order valence-electron chi connectivity index (χ2n) is 16.6. The molecule has 11 heteroatoms. The summed E-state index contributed by atoms with van der Waals surface area (Å²) in [5.41, 5.74) is 0.897. The van der Waals surface area contributed by atoms with Crippen LogP contribution in [-0.4, -0.2) is 60.2 Å². The maximum absolute atomic E-state index is 13.1. The van der Waals surface area contributed by atoms with Crippen LogP contribution in [0.1, 0.15) is 226 Å². The van der Waals surface area contributed by atoms with Crippen molar-refractivity contribution < 1.29 is 38.7 Å². The van der Waals surface area contributed by atoms with Gasteiger partial charge in [0.05, 0.1) is 13.2 Å². The van der Waals surface area contributed by atoms with Gasteiger partial charge in [0.2, 0.25) is 11.8 Å². The van der Waals surface area contributed by atoms with Gasteiger partial charge in [-0.05, 0) is 49.7 Å². The molecule has 0 fully saturated rings. The van der Waals surface area contributed by atoms with Crippen molar-refractivity contribution in [3.05, 3.63) is 24.3 Å². The number of benzene rings is 1. The molecule has 2 amide bonds. The molecule has 0 saturated heterocycles. The molecular formula is C48H85BN2O8. The molecule has 1 atom stereocenters. The van der Waals surface area contributed by atoms with Crippen molar-refractivity contribution in [1.29, 1.82) is 0 Å². The Balaban J connectivity index is 2.28. The molecule has 10 nitrogen and oxygen atoms in total. The Bertz CT molecular complexity index is 1200. The highest BCUT2D eigenvalue weighted by Gasteiger charge is 2.23. The number of esters is 2. The fourth-order valence-electron chi connectivity index (χ4n) is 7.30. The lowest BCUT2D eigenvalue weighted by Gasteiger charge is -2.18. The van der Waals surface area contributed by atoms with E-state index in [4.69, 9.17) is 9.47 Å². The highest BCUT2D eigenvalue weighted by Crippen LogP contribution is 2.15. The molecule has 1 rings (SSSR count). The molecule has 1 aromatic rings. The molecule has 0 saturated carbocycles. The number of hydrogen-bond acceptors (Lipinski definition) is 8. The van der Waals surface area contributed by atoms with Gasteiger partial charge in [-0.25, -0.2) is 4.79 Å². The molecule has 0 heterocycles. The van der Waals surface area contributed by atoms with Gasteiger partial charge in [-0.3, -0.25) is 14.4 Å². The molecule has 0 aliphatic rings. The van der Waals surface area contributed by atoms with Gasteiger partial charge in [0.1, 0.15) is 6.04 Å². The molecule has 1 aromatic carbocycles. The van der Waals surface area contributed by atoms with Gasteiger partial charge >= 0.3 is 19.1 Å². The van der Waals surface area contributed by atoms with Crippen LogP contribution in [-0.2, 0) is 28.7 Å². The molecule has 0 bridgehead atoms. The molecule has 4 N–H and O–H groups in total. The van der Waals surface area contributed by atoms with Gasteiger partial charge < -0.3 is 30.2 Å². The summed E-state index contributed by atoms with van der Waals surface area (Å²) in [4.78, 5) is 50.7. The van der Waals surface area contributed by atoms with E-state index in [-0.39, 0.29) is 30.6 Å². The van der Waals surface area contributed by atoms with Crippen molar-refractivity contribution in [3.63, 3.8) is 0 Å². The third-order valence-corrected chi connectivity index (χ3v) is 11.0. The molecule has 0 spiro atoms. The average molecular weight is 829 g/mol. The molecule has 338 valence electrons. The summed E-state index contributed by atoms with van der Waals surface area (Å²) >= 11 is 0. The van der Waals surface area contributed by atoms with Crippen LogP contribution in [0.3, 0.4) is 0 Å². The summed E-state index contributed by atoms with van der Waals surface area (Å²) in [6, 6.07) is 5.70. The maximum atomic E-state index is 13.1. The normalized spacial score (nSPS) is 11.6. The zero-order valence-electron chi connectivity index (χ0n) is 37.6. The first-order valence-corrected chi connectivity index (χ1v) is 24.1. The number of unbranched alkanes of at least 4 members (excludes halogenated alkanes) is 26. The van der Waals surface area contributed by atoms with E-state index in [0.717, 1.165) is 96.3 Å². The number of rotatable bonds is 41. The van der Waals surface area contributed by atoms with Crippen molar-refractivity contribution >= 4 is 42.0 Å². The van der Waals surface area contributed by atoms with Crippen molar-refractivity contribution in [1.82, 2.24) is 5.32 Å². The topological polar surface area (TPSA) is 151 Å². The zero-order chi connectivity index (χ0) is 43.0. The number of anilines is 1. The summed E-state index contributed by atoms with van der Waals surface area (Å²) in [5.74, 6) is -1.07. The second-order valence-corrected chi connectivity index (χ2v) is 16.6. The lowest BCUT2D eigenvalue weighted by Crippen LogP contribution is -2.42. The monoisotopic (exact) mass is 829 g/mol. The summed E-state index contributed by atoms with van der Waals surface area (Å²) in [7, 11) is -1.57. The second kappa shape index (κ2) is 39.2. The van der Waals surface area contributed by atoms with Crippen LogP contribution in [0.4, 0.5) is 5.69 Å². The standard InChI is InChI=1S/C48H85BN2O8/c1-3-5-7-9-11-13-18-22-26-30-39-58-47(54)38-37-44(48(55)59-40-31-27-23-19-14-12-10-8-6-4-2)51-46(53)36-29-25-21-17-15-16-20-24-28-35-45(52)50-43-34-32-33-42(41-43)49(56)57/h32-34,41,44,56-57H,3-31,35-40H2,1-2H3,(H,50,52)(H,51,53). The molecule has 0 aromatic heterocycles. The number of ether oxygens (including phenoxy) is 2. The number of amides is 2. The highest BCUT2D eigenvalue weighted by molar-refractivity contribution is 6.58. The van der Waals surface area contributed by atoms with E-state index in [1.54, 1.807) is 24.3 Å². The lowest BCUT2D eigenvalue weighted by molar-refractivity contribution is -0.149. The van der Waals surface area contributed by atoms with Crippen LogP contribution < -0.4 is 16.1 Å². The Morgan fingerprint density at radius 1 is 0.542 bits per heavy atom. The zero-order valence-corrected chi connectivity index (χ0v) is 37.6. The van der Waals surface area contributed by atoms with E-state index >= 15 is 0 Å². The molecule has 1 unspecified atom stereocenters. The minimum atomic E-state index is -1.57. The van der Waals surface area contributed by atoms with E-state index < -0.39 is 19.1 Å². The Kier molecular flexibility index (Phi) is 36.0. The van der Waals surface area contributed by atoms with Crippen LogP contribution in [0.15, 0.2) is 24.3 Å². The quantitative estimate of drug-likeness (QED) is 0.0289. The molecule has 0 aliphatic carbocycles. The summed E-state index contributed by atoms with van der Waals surface area (Å²) < 4.78 is 11.1. The molecule has 0 aliphatic heterocycles. The highest BCUT2D eigenvalue weighted by atomic mass is 16.5. The molecular weight excluding hydrogens is 743 g/mol. The summed E-state index contributed by atoms with van der Waals surface area (Å²) in [6.45, 7) is 5.19. The Morgan fingerprint density at radius 2 is 0.966 bits per heavy atom. The lowest BCUT2D eigenvalue weighted by atomic mass is 9.80. The van der Waals surface area contributed by atoms with Crippen LogP contribution in [0.5, 0.6) is 0 Å². The fraction of sp³-hybridized carbons (Fsp3) is 0.792. The number of carbonyl (C=O) groups is 4. The van der Waals surface area contributed by atoms with Crippen molar-refractivity contribution in [2.75, 3.05) is 18.5 Å². The first kappa shape index (κ1) is 54.1. The van der Waals surface area contributed by atoms with Gasteiger partial charge in [0.25, 0.3) is 0 Å². The van der Waals surface area contributed by atoms with E-state index in [9.17, 15) is 29.2 Å². The summed E-state index contributed by atoms with van der Waals surface area (Å²) in [6.07, 6.45) is 33.9. The Hall–Kier alpha value is -2.92. The number of carbonyl (C=O) groups excluding carboxylic acids is 4. The van der Waals surface area contributed by atoms with Crippen LogP contribution in [0.2, 0.25) is 0 Å². The van der Waals surface area contributed by atoms with Gasteiger partial charge in [0, 0.05) is 24.9 Å². The first-order valence-electron chi connectivity index (χ1n) is 24.1. The maximum Gasteiger partial charge on any atom is 0.488 e. The smallest absolute Gasteiger partial charge is 0.466 e. The van der Waals surface area contributed by atoms with Crippen molar-refractivity contribution in [3.8, 4) is 0 Å². The van der Waals surface area contributed by atoms with Gasteiger partial charge in [0.15, 0.2) is 0 Å². The van der Waals surface area contributed by atoms with E-state index in [1.807, 2.05) is 0 Å². The van der Waals surface area contributed by atoms with E-state index in [0.29, 0.717) is 37.2 Å². The largest absolute Gasteiger partial charge is 0.488 e. The van der Waals surface area contributed by atoms with E-state index in [1.165, 1.54) is 89.9 Å². The average Bonchev–Trinajstić information content (AvgIpc) is 3.22. The Labute approximate surface area is 359 Å². The van der Waals surface area contributed by atoms with Crippen molar-refractivity contribution in [2.24, 2.45) is 0 Å². The number of hydrogen-bond donors (Lipinski definition) is 4. The van der Waals surface area contributed by atoms with Gasteiger partial charge in [-0.1, -0.05) is 187 Å². The van der Waals surface area contributed by atoms with E-state index in [2.05, 4.69) is 24.5 Å².